The van der Waals surface area contributed by atoms with Gasteiger partial charge in [-0.1, -0.05) is 34.1 Å². The van der Waals surface area contributed by atoms with Crippen molar-refractivity contribution in [2.75, 3.05) is 6.61 Å². The molecule has 0 bridgehead atoms. The first-order valence-electron chi connectivity index (χ1n) is 6.50. The first-order chi connectivity index (χ1) is 9.65. The summed E-state index contributed by atoms with van der Waals surface area (Å²) in [5.41, 5.74) is 2.54. The van der Waals surface area contributed by atoms with Crippen LogP contribution in [-0.2, 0) is 6.42 Å². The van der Waals surface area contributed by atoms with Gasteiger partial charge >= 0.3 is 0 Å². The molecule has 4 heteroatoms. The van der Waals surface area contributed by atoms with Gasteiger partial charge in [0.05, 0.1) is 12.0 Å². The van der Waals surface area contributed by atoms with E-state index in [1.54, 1.807) is 12.1 Å². The van der Waals surface area contributed by atoms with Gasteiger partial charge in [-0.25, -0.2) is 4.39 Å². The Morgan fingerprint density at radius 2 is 2.05 bits per heavy atom. The summed E-state index contributed by atoms with van der Waals surface area (Å²) in [6.07, 6.45) is 1.99. The molecule has 0 saturated heterocycles. The Balaban J connectivity index is 1.95. The second-order valence-electron chi connectivity index (χ2n) is 4.85. The first-order valence-corrected chi connectivity index (χ1v) is 7.73. The smallest absolute Gasteiger partial charge is 0.129 e. The van der Waals surface area contributed by atoms with Crippen molar-refractivity contribution in [1.82, 2.24) is 0 Å². The highest BCUT2D eigenvalue weighted by atomic mass is 79.9. The largest absolute Gasteiger partial charge is 0.493 e. The van der Waals surface area contributed by atoms with Gasteiger partial charge in [-0.05, 0) is 42.2 Å². The van der Waals surface area contributed by atoms with Gasteiger partial charge in [0, 0.05) is 10.0 Å². The Hall–Kier alpha value is -1.06. The van der Waals surface area contributed by atoms with E-state index in [2.05, 4.69) is 15.9 Å². The lowest BCUT2D eigenvalue weighted by Gasteiger charge is -2.19. The quantitative estimate of drug-likeness (QED) is 0.669. The Kier molecular flexibility index (Phi) is 3.99. The van der Waals surface area contributed by atoms with E-state index in [-0.39, 0.29) is 5.82 Å². The van der Waals surface area contributed by atoms with Gasteiger partial charge in [0.25, 0.3) is 0 Å². The summed E-state index contributed by atoms with van der Waals surface area (Å²) < 4.78 is 20.3. The number of hydrogen-bond acceptors (Lipinski definition) is 1. The minimum absolute atomic E-state index is 0.298. The molecule has 20 heavy (non-hydrogen) atoms. The number of alkyl halides is 1. The van der Waals surface area contributed by atoms with Crippen molar-refractivity contribution in [3.05, 3.63) is 63.4 Å². The summed E-state index contributed by atoms with van der Waals surface area (Å²) >= 11 is 9.69. The topological polar surface area (TPSA) is 9.23 Å². The number of fused-ring (bicyclic) bond motifs is 1. The molecule has 0 radical (unpaired) electrons. The lowest BCUT2D eigenvalue weighted by atomic mass is 9.98. The zero-order chi connectivity index (χ0) is 14.1. The van der Waals surface area contributed by atoms with E-state index in [9.17, 15) is 4.39 Å². The molecule has 0 N–H and O–H groups in total. The number of rotatable bonds is 2. The molecular weight excluding hydrogens is 343 g/mol. The molecule has 2 aromatic carbocycles. The minimum Gasteiger partial charge on any atom is -0.493 e. The van der Waals surface area contributed by atoms with Crippen LogP contribution in [0.15, 0.2) is 40.9 Å². The summed E-state index contributed by atoms with van der Waals surface area (Å²) in [5.74, 6) is 0.619. The zero-order valence-electron chi connectivity index (χ0n) is 10.7. The molecule has 1 atom stereocenters. The van der Waals surface area contributed by atoms with Crippen LogP contribution in [-0.4, -0.2) is 6.61 Å². The molecule has 0 aromatic heterocycles. The zero-order valence-corrected chi connectivity index (χ0v) is 13.0. The standard InChI is InChI=1S/C16H13BrClFO/c17-12-4-5-13(14(19)9-12)16(18)11-3-6-15-10(8-11)2-1-7-20-15/h3-6,8-9,16H,1-2,7H2. The van der Waals surface area contributed by atoms with Crippen molar-refractivity contribution in [3.63, 3.8) is 0 Å². The predicted octanol–water partition coefficient (Wildman–Crippen LogP) is 5.24. The molecule has 0 amide bonds. The average molecular weight is 356 g/mol. The Labute approximate surface area is 130 Å². The molecule has 1 heterocycles. The number of benzene rings is 2. The number of hydrogen-bond donors (Lipinski definition) is 0. The van der Waals surface area contributed by atoms with E-state index in [1.807, 2.05) is 18.2 Å². The molecule has 104 valence electrons. The highest BCUT2D eigenvalue weighted by molar-refractivity contribution is 9.10. The van der Waals surface area contributed by atoms with Gasteiger partial charge in [-0.3, -0.25) is 0 Å². The van der Waals surface area contributed by atoms with E-state index >= 15 is 0 Å². The van der Waals surface area contributed by atoms with Crippen LogP contribution in [0.1, 0.15) is 28.5 Å². The molecular formula is C16H13BrClFO. The molecule has 1 aliphatic heterocycles. The predicted molar refractivity (Wildman–Crippen MR) is 82.1 cm³/mol. The van der Waals surface area contributed by atoms with Gasteiger partial charge < -0.3 is 4.74 Å². The summed E-state index contributed by atoms with van der Waals surface area (Å²) in [6.45, 7) is 0.762. The maximum absolute atomic E-state index is 14.0. The fourth-order valence-corrected chi connectivity index (χ4v) is 3.07. The highest BCUT2D eigenvalue weighted by Gasteiger charge is 2.18. The van der Waals surface area contributed by atoms with E-state index in [1.165, 1.54) is 6.07 Å². The van der Waals surface area contributed by atoms with Crippen molar-refractivity contribution in [1.29, 1.82) is 0 Å². The van der Waals surface area contributed by atoms with Crippen molar-refractivity contribution >= 4 is 27.5 Å². The lowest BCUT2D eigenvalue weighted by Crippen LogP contribution is -2.09. The monoisotopic (exact) mass is 354 g/mol. The van der Waals surface area contributed by atoms with Crippen molar-refractivity contribution in [3.8, 4) is 5.75 Å². The van der Waals surface area contributed by atoms with Gasteiger partial charge in [0.2, 0.25) is 0 Å². The van der Waals surface area contributed by atoms with E-state index in [0.717, 1.165) is 36.3 Å². The second kappa shape index (κ2) is 5.74. The van der Waals surface area contributed by atoms with Gasteiger partial charge in [-0.15, -0.1) is 11.6 Å². The average Bonchev–Trinajstić information content (AvgIpc) is 2.46. The van der Waals surface area contributed by atoms with E-state index in [0.29, 0.717) is 10.0 Å². The van der Waals surface area contributed by atoms with Crippen LogP contribution in [0.3, 0.4) is 0 Å². The first kappa shape index (κ1) is 13.9. The number of halogens is 3. The SMILES string of the molecule is Fc1cc(Br)ccc1C(Cl)c1ccc2c(c1)CCCO2. The van der Waals surface area contributed by atoms with E-state index < -0.39 is 5.38 Å². The third-order valence-corrected chi connectivity index (χ3v) is 4.44. The van der Waals surface area contributed by atoms with Gasteiger partial charge in [0.15, 0.2) is 0 Å². The molecule has 0 aliphatic carbocycles. The summed E-state index contributed by atoms with van der Waals surface area (Å²) in [5, 5.41) is -0.490. The minimum atomic E-state index is -0.490. The molecule has 0 spiro atoms. The number of aryl methyl sites for hydroxylation is 1. The molecule has 1 unspecified atom stereocenters. The van der Waals surface area contributed by atoms with Crippen LogP contribution < -0.4 is 4.74 Å². The second-order valence-corrected chi connectivity index (χ2v) is 6.20. The van der Waals surface area contributed by atoms with Crippen LogP contribution in [0.4, 0.5) is 4.39 Å². The van der Waals surface area contributed by atoms with Gasteiger partial charge in [-0.2, -0.15) is 0 Å². The van der Waals surface area contributed by atoms with Crippen LogP contribution in [0.25, 0.3) is 0 Å². The van der Waals surface area contributed by atoms with Crippen molar-refractivity contribution in [2.45, 2.75) is 18.2 Å². The summed E-state index contributed by atoms with van der Waals surface area (Å²) in [7, 11) is 0. The fraction of sp³-hybridized carbons (Fsp3) is 0.250. The fourth-order valence-electron chi connectivity index (χ4n) is 2.42. The Bertz CT molecular complexity index is 644. The number of ether oxygens (including phenoxy) is 1. The van der Waals surface area contributed by atoms with Crippen molar-refractivity contribution < 1.29 is 9.13 Å². The molecule has 0 fully saturated rings. The normalized spacial score (nSPS) is 15.3. The van der Waals surface area contributed by atoms with Crippen molar-refractivity contribution in [2.24, 2.45) is 0 Å². The molecule has 2 aromatic rings. The maximum atomic E-state index is 14.0. The summed E-state index contributed by atoms with van der Waals surface area (Å²) in [4.78, 5) is 0. The summed E-state index contributed by atoms with van der Waals surface area (Å²) in [6, 6.07) is 10.8. The molecule has 3 rings (SSSR count). The third kappa shape index (κ3) is 2.70. The van der Waals surface area contributed by atoms with Crippen LogP contribution >= 0.6 is 27.5 Å². The highest BCUT2D eigenvalue weighted by Crippen LogP contribution is 2.35. The Morgan fingerprint density at radius 1 is 1.20 bits per heavy atom. The van der Waals surface area contributed by atoms with Crippen LogP contribution in [0, 0.1) is 5.82 Å². The van der Waals surface area contributed by atoms with E-state index in [4.69, 9.17) is 16.3 Å². The molecule has 0 saturated carbocycles. The molecule has 1 aliphatic rings. The molecule has 1 nitrogen and oxygen atoms in total. The maximum Gasteiger partial charge on any atom is 0.129 e. The third-order valence-electron chi connectivity index (χ3n) is 3.46. The van der Waals surface area contributed by atoms with Crippen LogP contribution in [0.2, 0.25) is 0 Å². The lowest BCUT2D eigenvalue weighted by molar-refractivity contribution is 0.288. The van der Waals surface area contributed by atoms with Gasteiger partial charge in [0.1, 0.15) is 11.6 Å². The van der Waals surface area contributed by atoms with Crippen LogP contribution in [0.5, 0.6) is 5.75 Å². The Morgan fingerprint density at radius 3 is 2.85 bits per heavy atom.